The molecule has 2 N–H and O–H groups in total. The van der Waals surface area contributed by atoms with Gasteiger partial charge in [0.1, 0.15) is 0 Å². The van der Waals surface area contributed by atoms with Gasteiger partial charge in [0.2, 0.25) is 5.91 Å². The van der Waals surface area contributed by atoms with Gasteiger partial charge >= 0.3 is 6.03 Å². The topological polar surface area (TPSA) is 58.2 Å². The number of hydrogen-bond donors (Lipinski definition) is 2. The first-order valence-corrected chi connectivity index (χ1v) is 4.73. The number of amides is 3. The lowest BCUT2D eigenvalue weighted by Crippen LogP contribution is -2.53. The van der Waals surface area contributed by atoms with E-state index < -0.39 is 0 Å². The van der Waals surface area contributed by atoms with Crippen molar-refractivity contribution in [3.05, 3.63) is 0 Å². The van der Waals surface area contributed by atoms with E-state index in [2.05, 4.69) is 17.6 Å². The van der Waals surface area contributed by atoms with Gasteiger partial charge < -0.3 is 5.32 Å². The smallest absolute Gasteiger partial charge is 0.321 e. The molecule has 0 spiro atoms. The van der Waals surface area contributed by atoms with Crippen molar-refractivity contribution in [2.45, 2.75) is 26.7 Å². The second-order valence-electron chi connectivity index (χ2n) is 3.57. The fraction of sp³-hybridized carbons (Fsp3) is 0.778. The predicted molar refractivity (Wildman–Crippen MR) is 49.1 cm³/mol. The number of carbonyl (C=O) groups excluding carboxylic acids is 2. The van der Waals surface area contributed by atoms with Crippen LogP contribution in [0.5, 0.6) is 0 Å². The van der Waals surface area contributed by atoms with E-state index >= 15 is 0 Å². The summed E-state index contributed by atoms with van der Waals surface area (Å²) in [6, 6.07) is -0.370. The van der Waals surface area contributed by atoms with E-state index in [0.29, 0.717) is 12.5 Å². The summed E-state index contributed by atoms with van der Waals surface area (Å²) in [5.41, 5.74) is 0. The zero-order valence-corrected chi connectivity index (χ0v) is 8.09. The number of carbonyl (C=O) groups is 2. The highest BCUT2D eigenvalue weighted by Crippen LogP contribution is 2.18. The summed E-state index contributed by atoms with van der Waals surface area (Å²) in [6.07, 6.45) is 2.09. The maximum atomic E-state index is 11.3. The van der Waals surface area contributed by atoms with E-state index in [1.165, 1.54) is 0 Å². The van der Waals surface area contributed by atoms with E-state index in [1.54, 1.807) is 0 Å². The van der Waals surface area contributed by atoms with Gasteiger partial charge in [-0.2, -0.15) is 0 Å². The molecule has 2 atom stereocenters. The largest absolute Gasteiger partial charge is 0.337 e. The molecular weight excluding hydrogens is 168 g/mol. The molecule has 0 bridgehead atoms. The highest BCUT2D eigenvalue weighted by atomic mass is 16.2. The van der Waals surface area contributed by atoms with Crippen molar-refractivity contribution in [2.24, 2.45) is 11.8 Å². The van der Waals surface area contributed by atoms with Gasteiger partial charge in [0.05, 0.1) is 5.92 Å². The Bertz CT molecular complexity index is 216. The second kappa shape index (κ2) is 4.25. The zero-order chi connectivity index (χ0) is 9.84. The van der Waals surface area contributed by atoms with Crippen molar-refractivity contribution in [1.29, 1.82) is 0 Å². The Morgan fingerprint density at radius 1 is 1.54 bits per heavy atom. The van der Waals surface area contributed by atoms with Crippen molar-refractivity contribution in [3.63, 3.8) is 0 Å². The summed E-state index contributed by atoms with van der Waals surface area (Å²) in [7, 11) is 0. The first kappa shape index (κ1) is 10.0. The molecule has 4 heteroatoms. The van der Waals surface area contributed by atoms with E-state index in [0.717, 1.165) is 12.8 Å². The van der Waals surface area contributed by atoms with Crippen LogP contribution in [0.25, 0.3) is 0 Å². The van der Waals surface area contributed by atoms with Crippen LogP contribution in [0.3, 0.4) is 0 Å². The van der Waals surface area contributed by atoms with Crippen LogP contribution in [-0.4, -0.2) is 18.5 Å². The van der Waals surface area contributed by atoms with Gasteiger partial charge in [-0.25, -0.2) is 4.79 Å². The minimum Gasteiger partial charge on any atom is -0.337 e. The fourth-order valence-electron chi connectivity index (χ4n) is 1.66. The Balaban J connectivity index is 2.50. The summed E-state index contributed by atoms with van der Waals surface area (Å²) in [4.78, 5) is 22.1. The average molecular weight is 184 g/mol. The Morgan fingerprint density at radius 2 is 2.23 bits per heavy atom. The maximum absolute atomic E-state index is 11.3. The summed E-state index contributed by atoms with van der Waals surface area (Å²) >= 11 is 0. The van der Waals surface area contributed by atoms with E-state index in [9.17, 15) is 9.59 Å². The van der Waals surface area contributed by atoms with Crippen molar-refractivity contribution in [2.75, 3.05) is 6.54 Å². The van der Waals surface area contributed by atoms with Crippen LogP contribution < -0.4 is 10.6 Å². The Kier molecular flexibility index (Phi) is 3.28. The maximum Gasteiger partial charge on any atom is 0.321 e. The van der Waals surface area contributed by atoms with E-state index in [1.807, 2.05) is 6.92 Å². The number of imide groups is 1. The Labute approximate surface area is 78.1 Å². The van der Waals surface area contributed by atoms with Gasteiger partial charge in [-0.05, 0) is 5.92 Å². The lowest BCUT2D eigenvalue weighted by molar-refractivity contribution is -0.126. The molecule has 0 aromatic heterocycles. The molecule has 0 aromatic rings. The van der Waals surface area contributed by atoms with Crippen molar-refractivity contribution in [1.82, 2.24) is 10.6 Å². The lowest BCUT2D eigenvalue weighted by Gasteiger charge is -2.26. The fourth-order valence-corrected chi connectivity index (χ4v) is 1.66. The molecule has 74 valence electrons. The molecule has 3 amide bonds. The van der Waals surface area contributed by atoms with Gasteiger partial charge in [-0.3, -0.25) is 10.1 Å². The van der Waals surface area contributed by atoms with Gasteiger partial charge in [0.15, 0.2) is 0 Å². The van der Waals surface area contributed by atoms with Crippen LogP contribution in [0.1, 0.15) is 26.7 Å². The molecular formula is C9H16N2O2. The van der Waals surface area contributed by atoms with E-state index in [-0.39, 0.29) is 17.9 Å². The van der Waals surface area contributed by atoms with Gasteiger partial charge in [-0.15, -0.1) is 0 Å². The number of nitrogens with one attached hydrogen (secondary N) is 2. The number of hydrogen-bond acceptors (Lipinski definition) is 2. The van der Waals surface area contributed by atoms with Gasteiger partial charge in [0, 0.05) is 6.54 Å². The third-order valence-electron chi connectivity index (χ3n) is 2.49. The minimum absolute atomic E-state index is 0.0577. The van der Waals surface area contributed by atoms with Crippen LogP contribution >= 0.6 is 0 Å². The summed E-state index contributed by atoms with van der Waals surface area (Å²) < 4.78 is 0. The van der Waals surface area contributed by atoms with Crippen molar-refractivity contribution < 1.29 is 9.59 Å². The predicted octanol–water partition coefficient (Wildman–Crippen LogP) is 0.878. The molecule has 0 saturated carbocycles. The monoisotopic (exact) mass is 184 g/mol. The second-order valence-corrected chi connectivity index (χ2v) is 3.57. The normalized spacial score (nSPS) is 24.9. The van der Waals surface area contributed by atoms with Crippen molar-refractivity contribution in [3.8, 4) is 0 Å². The third kappa shape index (κ3) is 2.44. The minimum atomic E-state index is -0.370. The summed E-state index contributed by atoms with van der Waals surface area (Å²) in [5, 5.41) is 4.91. The number of rotatable bonds is 3. The lowest BCUT2D eigenvalue weighted by atomic mass is 9.88. The highest BCUT2D eigenvalue weighted by molar-refractivity contribution is 5.98. The van der Waals surface area contributed by atoms with Crippen LogP contribution in [0.15, 0.2) is 0 Å². The molecule has 1 heterocycles. The summed E-state index contributed by atoms with van der Waals surface area (Å²) in [6.45, 7) is 4.62. The van der Waals surface area contributed by atoms with Crippen LogP contribution in [0.2, 0.25) is 0 Å². The molecule has 1 rings (SSSR count). The molecule has 0 aromatic carbocycles. The van der Waals surface area contributed by atoms with Crippen LogP contribution in [0, 0.1) is 11.8 Å². The third-order valence-corrected chi connectivity index (χ3v) is 2.49. The number of urea groups is 1. The average Bonchev–Trinajstić information content (AvgIpc) is 2.04. The zero-order valence-electron chi connectivity index (χ0n) is 8.09. The molecule has 13 heavy (non-hydrogen) atoms. The SMILES string of the molecule is CCCC(C)C1CNC(=O)NC1=O. The Hall–Kier alpha value is -1.06. The van der Waals surface area contributed by atoms with Crippen LogP contribution in [-0.2, 0) is 4.79 Å². The molecule has 0 aliphatic carbocycles. The van der Waals surface area contributed by atoms with Crippen molar-refractivity contribution >= 4 is 11.9 Å². The van der Waals surface area contributed by atoms with E-state index in [4.69, 9.17) is 0 Å². The summed E-state index contributed by atoms with van der Waals surface area (Å²) in [5.74, 6) is 0.146. The molecule has 1 aliphatic heterocycles. The molecule has 1 fully saturated rings. The van der Waals surface area contributed by atoms with Crippen LogP contribution in [0.4, 0.5) is 4.79 Å². The molecule has 4 nitrogen and oxygen atoms in total. The Morgan fingerprint density at radius 3 is 2.77 bits per heavy atom. The van der Waals surface area contributed by atoms with Gasteiger partial charge in [-0.1, -0.05) is 26.7 Å². The molecule has 2 unspecified atom stereocenters. The first-order valence-electron chi connectivity index (χ1n) is 4.73. The molecule has 1 saturated heterocycles. The first-order chi connectivity index (χ1) is 6.15. The quantitative estimate of drug-likeness (QED) is 0.684. The molecule has 0 radical (unpaired) electrons. The molecule has 1 aliphatic rings. The van der Waals surface area contributed by atoms with Gasteiger partial charge in [0.25, 0.3) is 0 Å². The standard InChI is InChI=1S/C9H16N2O2/c1-3-4-6(2)7-5-10-9(13)11-8(7)12/h6-7H,3-5H2,1-2H3,(H2,10,11,12,13). The highest BCUT2D eigenvalue weighted by Gasteiger charge is 2.29.